The highest BCUT2D eigenvalue weighted by atomic mass is 16.3. The van der Waals surface area contributed by atoms with E-state index < -0.39 is 17.7 Å². The summed E-state index contributed by atoms with van der Waals surface area (Å²) in [5.74, 6) is -1.18. The van der Waals surface area contributed by atoms with Crippen LogP contribution in [0.2, 0.25) is 0 Å². The Morgan fingerprint density at radius 1 is 1.16 bits per heavy atom. The third-order valence-electron chi connectivity index (χ3n) is 5.47. The molecule has 0 unspecified atom stereocenters. The minimum atomic E-state index is -0.783. The molecule has 1 aliphatic heterocycles. The first-order valence-corrected chi connectivity index (χ1v) is 10.1. The summed E-state index contributed by atoms with van der Waals surface area (Å²) < 4.78 is 7.24. The van der Waals surface area contributed by atoms with Crippen molar-refractivity contribution in [3.63, 3.8) is 0 Å². The number of nitrogens with zero attached hydrogens (tertiary/aromatic N) is 3. The molecule has 160 valence electrons. The van der Waals surface area contributed by atoms with Crippen LogP contribution in [0.15, 0.2) is 64.9 Å². The SMILES string of the molecule is Cc1c(C(O)=C2C(=O)C(=O)N(CC[NH+](C)C)[C@H]2c2ccco2)cnn1-c1ccccc1. The van der Waals surface area contributed by atoms with E-state index in [1.807, 2.05) is 51.4 Å². The van der Waals surface area contributed by atoms with E-state index in [9.17, 15) is 14.7 Å². The first-order valence-electron chi connectivity index (χ1n) is 10.1. The van der Waals surface area contributed by atoms with Crippen molar-refractivity contribution < 1.29 is 24.0 Å². The van der Waals surface area contributed by atoms with Crippen molar-refractivity contribution in [2.24, 2.45) is 0 Å². The Balaban J connectivity index is 1.81. The molecule has 0 spiro atoms. The number of ketones is 1. The molecule has 31 heavy (non-hydrogen) atoms. The van der Waals surface area contributed by atoms with Crippen LogP contribution in [0.25, 0.3) is 11.4 Å². The van der Waals surface area contributed by atoms with Gasteiger partial charge in [-0.2, -0.15) is 5.10 Å². The van der Waals surface area contributed by atoms with Gasteiger partial charge >= 0.3 is 0 Å². The molecular formula is C23H25N4O4+. The quantitative estimate of drug-likeness (QED) is 0.356. The van der Waals surface area contributed by atoms with Crippen molar-refractivity contribution >= 4 is 17.4 Å². The van der Waals surface area contributed by atoms with Gasteiger partial charge in [0.25, 0.3) is 11.7 Å². The summed E-state index contributed by atoms with van der Waals surface area (Å²) in [6.07, 6.45) is 3.00. The predicted octanol–water partition coefficient (Wildman–Crippen LogP) is 1.34. The summed E-state index contributed by atoms with van der Waals surface area (Å²) >= 11 is 0. The fraction of sp³-hybridized carbons (Fsp3) is 0.261. The number of aliphatic hydroxyl groups excluding tert-OH is 1. The number of hydrogen-bond acceptors (Lipinski definition) is 5. The van der Waals surface area contributed by atoms with E-state index in [0.717, 1.165) is 10.6 Å². The number of rotatable bonds is 6. The van der Waals surface area contributed by atoms with Crippen molar-refractivity contribution in [3.8, 4) is 5.69 Å². The highest BCUT2D eigenvalue weighted by Crippen LogP contribution is 2.39. The van der Waals surface area contributed by atoms with E-state index in [2.05, 4.69) is 5.10 Å². The van der Waals surface area contributed by atoms with Gasteiger partial charge < -0.3 is 19.3 Å². The smallest absolute Gasteiger partial charge is 0.295 e. The zero-order valence-electron chi connectivity index (χ0n) is 17.7. The molecule has 0 aliphatic carbocycles. The summed E-state index contributed by atoms with van der Waals surface area (Å²) in [7, 11) is 3.94. The molecule has 0 bridgehead atoms. The third kappa shape index (κ3) is 3.66. The van der Waals surface area contributed by atoms with Crippen LogP contribution in [0.5, 0.6) is 0 Å². The fourth-order valence-electron chi connectivity index (χ4n) is 3.81. The number of carbonyl (C=O) groups excluding carboxylic acids is 2. The van der Waals surface area contributed by atoms with Gasteiger partial charge in [0.2, 0.25) is 0 Å². The van der Waals surface area contributed by atoms with Gasteiger partial charge in [0.05, 0.1) is 62.2 Å². The number of aliphatic hydroxyl groups is 1. The number of benzene rings is 1. The lowest BCUT2D eigenvalue weighted by molar-refractivity contribution is -0.857. The monoisotopic (exact) mass is 421 g/mol. The molecule has 0 saturated carbocycles. The topological polar surface area (TPSA) is 93.0 Å². The van der Waals surface area contributed by atoms with E-state index in [-0.39, 0.29) is 11.3 Å². The Morgan fingerprint density at radius 2 is 1.90 bits per heavy atom. The maximum absolute atomic E-state index is 13.0. The zero-order valence-corrected chi connectivity index (χ0v) is 17.7. The van der Waals surface area contributed by atoms with Gasteiger partial charge in [-0.05, 0) is 31.2 Å². The second kappa shape index (κ2) is 8.23. The van der Waals surface area contributed by atoms with E-state index >= 15 is 0 Å². The number of likely N-dealkylation sites (tertiary alicyclic amines) is 1. The summed E-state index contributed by atoms with van der Waals surface area (Å²) in [6, 6.07) is 12.1. The van der Waals surface area contributed by atoms with Crippen molar-refractivity contribution in [2.45, 2.75) is 13.0 Å². The second-order valence-corrected chi connectivity index (χ2v) is 7.86. The Morgan fingerprint density at radius 3 is 2.55 bits per heavy atom. The number of amides is 1. The molecule has 1 atom stereocenters. The van der Waals surface area contributed by atoms with E-state index in [4.69, 9.17) is 4.42 Å². The minimum absolute atomic E-state index is 0.0180. The maximum Gasteiger partial charge on any atom is 0.295 e. The molecule has 1 aromatic carbocycles. The van der Waals surface area contributed by atoms with Crippen LogP contribution in [0, 0.1) is 6.92 Å². The molecular weight excluding hydrogens is 396 g/mol. The average molecular weight is 421 g/mol. The standard InChI is InChI=1S/C23H24N4O4/c1-15-17(14-24-27(15)16-8-5-4-6-9-16)21(28)19-20(18-10-7-13-31-18)26(12-11-25(2)3)23(30)22(19)29/h4-10,13-14,20,28H,11-12H2,1-3H3/p+1/t20-/m0/s1. The minimum Gasteiger partial charge on any atom is -0.507 e. The first-order chi connectivity index (χ1) is 14.9. The molecule has 3 heterocycles. The van der Waals surface area contributed by atoms with Crippen LogP contribution in [0.1, 0.15) is 23.1 Å². The van der Waals surface area contributed by atoms with Crippen molar-refractivity contribution in [3.05, 3.63) is 77.5 Å². The van der Waals surface area contributed by atoms with Crippen molar-refractivity contribution in [1.82, 2.24) is 14.7 Å². The molecule has 8 heteroatoms. The lowest BCUT2D eigenvalue weighted by Gasteiger charge is -2.23. The molecule has 8 nitrogen and oxygen atoms in total. The summed E-state index contributed by atoms with van der Waals surface area (Å²) in [5.41, 5.74) is 1.91. The lowest BCUT2D eigenvalue weighted by atomic mass is 9.99. The molecule has 2 N–H and O–H groups in total. The molecule has 1 saturated heterocycles. The maximum atomic E-state index is 13.0. The Labute approximate surface area is 180 Å². The van der Waals surface area contributed by atoms with Crippen LogP contribution in [0.3, 0.4) is 0 Å². The van der Waals surface area contributed by atoms with Crippen LogP contribution in [0.4, 0.5) is 0 Å². The highest BCUT2D eigenvalue weighted by Gasteiger charge is 2.47. The third-order valence-corrected chi connectivity index (χ3v) is 5.47. The van der Waals surface area contributed by atoms with E-state index in [0.29, 0.717) is 30.1 Å². The highest BCUT2D eigenvalue weighted by molar-refractivity contribution is 6.46. The normalized spacial score (nSPS) is 18.3. The number of likely N-dealkylation sites (N-methyl/N-ethyl adjacent to an activating group) is 1. The van der Waals surface area contributed by atoms with Crippen molar-refractivity contribution in [1.29, 1.82) is 0 Å². The summed E-state index contributed by atoms with van der Waals surface area (Å²) in [4.78, 5) is 28.4. The average Bonchev–Trinajstić information content (AvgIpc) is 3.47. The molecule has 3 aromatic rings. The lowest BCUT2D eigenvalue weighted by Crippen LogP contribution is -3.06. The Kier molecular flexibility index (Phi) is 5.48. The van der Waals surface area contributed by atoms with Crippen LogP contribution < -0.4 is 4.90 Å². The molecule has 1 fully saturated rings. The number of Topliss-reactive ketones (excluding diaryl/α,β-unsaturated/α-hetero) is 1. The molecule has 2 aromatic heterocycles. The number of furan rings is 1. The first kappa shape index (κ1) is 20.6. The van der Waals surface area contributed by atoms with Crippen LogP contribution in [-0.4, -0.2) is 58.7 Å². The fourth-order valence-corrected chi connectivity index (χ4v) is 3.81. The van der Waals surface area contributed by atoms with Gasteiger partial charge in [0.1, 0.15) is 17.6 Å². The predicted molar refractivity (Wildman–Crippen MR) is 114 cm³/mol. The van der Waals surface area contributed by atoms with Gasteiger partial charge in [-0.1, -0.05) is 18.2 Å². The van der Waals surface area contributed by atoms with Crippen LogP contribution in [-0.2, 0) is 9.59 Å². The number of hydrogen-bond donors (Lipinski definition) is 2. The Bertz CT molecular complexity index is 1130. The van der Waals surface area contributed by atoms with Gasteiger partial charge in [-0.25, -0.2) is 4.68 Å². The van der Waals surface area contributed by atoms with Gasteiger partial charge in [0, 0.05) is 0 Å². The van der Waals surface area contributed by atoms with E-state index in [1.54, 1.807) is 16.8 Å². The number of para-hydroxylation sites is 1. The number of nitrogens with one attached hydrogen (secondary N) is 1. The summed E-state index contributed by atoms with van der Waals surface area (Å²) in [6.45, 7) is 2.81. The van der Waals surface area contributed by atoms with Gasteiger partial charge in [-0.3, -0.25) is 9.59 Å². The van der Waals surface area contributed by atoms with Crippen LogP contribution >= 0.6 is 0 Å². The molecule has 0 radical (unpaired) electrons. The zero-order chi connectivity index (χ0) is 22.1. The summed E-state index contributed by atoms with van der Waals surface area (Å²) in [5, 5.41) is 15.6. The van der Waals surface area contributed by atoms with E-state index in [1.165, 1.54) is 17.4 Å². The number of quaternary nitrogens is 1. The number of aromatic nitrogens is 2. The van der Waals surface area contributed by atoms with Crippen molar-refractivity contribution in [2.75, 3.05) is 27.2 Å². The molecule has 1 amide bonds. The van der Waals surface area contributed by atoms with Gasteiger partial charge in [0.15, 0.2) is 0 Å². The molecule has 4 rings (SSSR count). The number of carbonyl (C=O) groups is 2. The largest absolute Gasteiger partial charge is 0.507 e. The molecule has 1 aliphatic rings. The second-order valence-electron chi connectivity index (χ2n) is 7.86. The van der Waals surface area contributed by atoms with Gasteiger partial charge in [-0.15, -0.1) is 0 Å². The Hall–Kier alpha value is -3.65.